The summed E-state index contributed by atoms with van der Waals surface area (Å²) in [6.07, 6.45) is 3.41. The fourth-order valence-corrected chi connectivity index (χ4v) is 5.23. The van der Waals surface area contributed by atoms with Crippen molar-refractivity contribution in [3.05, 3.63) is 72.3 Å². The molecule has 194 valence electrons. The molecule has 36 heavy (non-hydrogen) atoms. The van der Waals surface area contributed by atoms with E-state index in [1.54, 1.807) is 26.6 Å². The maximum atomic E-state index is 13.2. The van der Waals surface area contributed by atoms with Crippen molar-refractivity contribution >= 4 is 28.2 Å². The normalized spacial score (nSPS) is 14.6. The minimum absolute atomic E-state index is 0. The fraction of sp³-hybridized carbons (Fsp3) is 0.360. The number of sulfonamides is 1. The van der Waals surface area contributed by atoms with Gasteiger partial charge in [-0.05, 0) is 29.8 Å². The number of halogens is 2. The molecule has 0 bridgehead atoms. The summed E-state index contributed by atoms with van der Waals surface area (Å²) in [5.74, 6) is 0.390. The Labute approximate surface area is 218 Å². The molecule has 1 aliphatic rings. The molecule has 0 amide bonds. The first-order valence-electron chi connectivity index (χ1n) is 11.5. The lowest BCUT2D eigenvalue weighted by Crippen LogP contribution is -2.49. The second kappa shape index (κ2) is 12.6. The molecule has 1 saturated heterocycles. The number of anilines is 1. The maximum absolute atomic E-state index is 13.2. The smallest absolute Gasteiger partial charge is 0.242 e. The SMILES string of the molecule is COCc1ccc(-c2nccnc2N2CCN(CCN(C)S(=O)(=O)c3ccc(F)cc3)CC2)cc1.Cl. The van der Waals surface area contributed by atoms with Gasteiger partial charge in [0.2, 0.25) is 10.0 Å². The predicted molar refractivity (Wildman–Crippen MR) is 140 cm³/mol. The second-order valence-corrected chi connectivity index (χ2v) is 10.5. The molecule has 8 nitrogen and oxygen atoms in total. The lowest BCUT2D eigenvalue weighted by atomic mass is 10.1. The van der Waals surface area contributed by atoms with E-state index in [2.05, 4.69) is 19.8 Å². The average molecular weight is 536 g/mol. The Kier molecular flexibility index (Phi) is 9.75. The van der Waals surface area contributed by atoms with Crippen LogP contribution in [0.15, 0.2) is 65.8 Å². The fourth-order valence-electron chi connectivity index (χ4n) is 4.06. The number of aromatic nitrogens is 2. The van der Waals surface area contributed by atoms with Crippen LogP contribution in [0.3, 0.4) is 0 Å². The first-order valence-corrected chi connectivity index (χ1v) is 12.9. The molecule has 1 aliphatic heterocycles. The Bertz CT molecular complexity index is 1220. The summed E-state index contributed by atoms with van der Waals surface area (Å²) in [6.45, 7) is 4.63. The van der Waals surface area contributed by atoms with Gasteiger partial charge in [-0.15, -0.1) is 12.4 Å². The van der Waals surface area contributed by atoms with Gasteiger partial charge >= 0.3 is 0 Å². The van der Waals surface area contributed by atoms with Crippen molar-refractivity contribution in [2.75, 3.05) is 58.3 Å². The zero-order valence-electron chi connectivity index (χ0n) is 20.4. The van der Waals surface area contributed by atoms with Crippen molar-refractivity contribution in [3.63, 3.8) is 0 Å². The molecule has 11 heteroatoms. The first-order chi connectivity index (χ1) is 16.9. The Morgan fingerprint density at radius 3 is 2.25 bits per heavy atom. The number of piperazine rings is 1. The summed E-state index contributed by atoms with van der Waals surface area (Å²) >= 11 is 0. The quantitative estimate of drug-likeness (QED) is 0.416. The minimum Gasteiger partial charge on any atom is -0.380 e. The Balaban J connectivity index is 0.00000361. The van der Waals surface area contributed by atoms with Crippen LogP contribution < -0.4 is 4.90 Å². The highest BCUT2D eigenvalue weighted by Crippen LogP contribution is 2.27. The molecule has 2 heterocycles. The topological polar surface area (TPSA) is 78.9 Å². The molecular formula is C25H31ClFN5O3S. The number of ether oxygens (including phenoxy) is 1. The van der Waals surface area contributed by atoms with Crippen LogP contribution in [0.25, 0.3) is 11.3 Å². The molecule has 0 radical (unpaired) electrons. The predicted octanol–water partition coefficient (Wildman–Crippen LogP) is 3.29. The van der Waals surface area contributed by atoms with Crippen LogP contribution in [-0.4, -0.2) is 81.0 Å². The number of benzene rings is 2. The molecule has 0 aliphatic carbocycles. The van der Waals surface area contributed by atoms with Gasteiger partial charge in [0.05, 0.1) is 11.5 Å². The molecular weight excluding hydrogens is 505 g/mol. The molecule has 2 aromatic carbocycles. The minimum atomic E-state index is -3.65. The maximum Gasteiger partial charge on any atom is 0.242 e. The Morgan fingerprint density at radius 2 is 1.61 bits per heavy atom. The monoisotopic (exact) mass is 535 g/mol. The van der Waals surface area contributed by atoms with Crippen LogP contribution in [0.2, 0.25) is 0 Å². The standard InChI is InChI=1S/C25H30FN5O3S.ClH/c1-29(35(32,33)23-9-7-22(26)8-10-23)13-14-30-15-17-31(18-16-30)25-24(27-11-12-28-25)21-5-3-20(4-6-21)19-34-2;/h3-12H,13-19H2,1-2H3;1H. The van der Waals surface area contributed by atoms with Gasteiger partial charge in [-0.3, -0.25) is 9.88 Å². The molecule has 1 fully saturated rings. The molecule has 0 saturated carbocycles. The molecule has 3 aromatic rings. The van der Waals surface area contributed by atoms with E-state index in [0.29, 0.717) is 19.7 Å². The van der Waals surface area contributed by atoms with Crippen LogP contribution in [0.4, 0.5) is 10.2 Å². The second-order valence-electron chi connectivity index (χ2n) is 8.47. The van der Waals surface area contributed by atoms with Crippen LogP contribution >= 0.6 is 12.4 Å². The van der Waals surface area contributed by atoms with E-state index >= 15 is 0 Å². The van der Waals surface area contributed by atoms with Gasteiger partial charge in [0.15, 0.2) is 5.82 Å². The number of rotatable bonds is 9. The van der Waals surface area contributed by atoms with E-state index in [4.69, 9.17) is 4.74 Å². The lowest BCUT2D eigenvalue weighted by Gasteiger charge is -2.36. The number of methoxy groups -OCH3 is 1. The number of nitrogens with zero attached hydrogens (tertiary/aromatic N) is 5. The molecule has 0 atom stereocenters. The van der Waals surface area contributed by atoms with Crippen molar-refractivity contribution in [1.82, 2.24) is 19.2 Å². The van der Waals surface area contributed by atoms with Crippen molar-refractivity contribution < 1.29 is 17.5 Å². The average Bonchev–Trinajstić information content (AvgIpc) is 2.88. The summed E-state index contributed by atoms with van der Waals surface area (Å²) in [7, 11) is -0.418. The summed E-state index contributed by atoms with van der Waals surface area (Å²) < 4.78 is 45.1. The number of hydrogen-bond acceptors (Lipinski definition) is 7. The zero-order chi connectivity index (χ0) is 24.8. The highest BCUT2D eigenvalue weighted by atomic mass is 35.5. The van der Waals surface area contributed by atoms with Crippen LogP contribution in [0, 0.1) is 5.82 Å². The van der Waals surface area contributed by atoms with Gasteiger partial charge in [0.25, 0.3) is 0 Å². The molecule has 4 rings (SSSR count). The highest BCUT2D eigenvalue weighted by Gasteiger charge is 2.24. The van der Waals surface area contributed by atoms with E-state index in [9.17, 15) is 12.8 Å². The van der Waals surface area contributed by atoms with E-state index in [1.807, 2.05) is 24.3 Å². The van der Waals surface area contributed by atoms with Crippen LogP contribution in [0.5, 0.6) is 0 Å². The van der Waals surface area contributed by atoms with E-state index < -0.39 is 15.8 Å². The van der Waals surface area contributed by atoms with Gasteiger partial charge in [-0.25, -0.2) is 17.8 Å². The molecule has 0 spiro atoms. The summed E-state index contributed by atoms with van der Waals surface area (Å²) in [4.78, 5) is 13.8. The van der Waals surface area contributed by atoms with Crippen LogP contribution in [-0.2, 0) is 21.4 Å². The van der Waals surface area contributed by atoms with E-state index in [1.165, 1.54) is 16.4 Å². The lowest BCUT2D eigenvalue weighted by molar-refractivity contribution is 0.185. The molecule has 1 aromatic heterocycles. The third-order valence-electron chi connectivity index (χ3n) is 6.14. The van der Waals surface area contributed by atoms with Crippen molar-refractivity contribution in [2.45, 2.75) is 11.5 Å². The summed E-state index contributed by atoms with van der Waals surface area (Å²) in [5, 5.41) is 0. The van der Waals surface area contributed by atoms with Gasteiger partial charge in [0.1, 0.15) is 11.5 Å². The third-order valence-corrected chi connectivity index (χ3v) is 8.01. The first kappa shape index (κ1) is 27.9. The Hall–Kier alpha value is -2.63. The van der Waals surface area contributed by atoms with Gasteiger partial charge in [-0.1, -0.05) is 24.3 Å². The third kappa shape index (κ3) is 6.57. The largest absolute Gasteiger partial charge is 0.380 e. The summed E-state index contributed by atoms with van der Waals surface area (Å²) in [6, 6.07) is 13.1. The van der Waals surface area contributed by atoms with Crippen molar-refractivity contribution in [3.8, 4) is 11.3 Å². The van der Waals surface area contributed by atoms with Crippen molar-refractivity contribution in [1.29, 1.82) is 0 Å². The van der Waals surface area contributed by atoms with Gasteiger partial charge in [-0.2, -0.15) is 4.31 Å². The van der Waals surface area contributed by atoms with E-state index in [-0.39, 0.29) is 17.3 Å². The Morgan fingerprint density at radius 1 is 0.972 bits per heavy atom. The van der Waals surface area contributed by atoms with E-state index in [0.717, 1.165) is 61.0 Å². The van der Waals surface area contributed by atoms with Crippen molar-refractivity contribution in [2.24, 2.45) is 0 Å². The molecule has 0 unspecified atom stereocenters. The number of hydrogen-bond donors (Lipinski definition) is 0. The highest BCUT2D eigenvalue weighted by molar-refractivity contribution is 7.89. The molecule has 0 N–H and O–H groups in total. The van der Waals surface area contributed by atoms with Gasteiger partial charge < -0.3 is 9.64 Å². The zero-order valence-corrected chi connectivity index (χ0v) is 22.0. The number of likely N-dealkylation sites (N-methyl/N-ethyl adjacent to an activating group) is 1. The van der Waals surface area contributed by atoms with Gasteiger partial charge in [0, 0.05) is 71.4 Å². The van der Waals surface area contributed by atoms with Crippen LogP contribution in [0.1, 0.15) is 5.56 Å². The summed E-state index contributed by atoms with van der Waals surface area (Å²) in [5.41, 5.74) is 2.94.